The summed E-state index contributed by atoms with van der Waals surface area (Å²) in [6.07, 6.45) is 1.87. The van der Waals surface area contributed by atoms with Crippen LogP contribution in [0.3, 0.4) is 0 Å². The molecule has 0 aliphatic rings. The van der Waals surface area contributed by atoms with Crippen LogP contribution in [0.15, 0.2) is 97.2 Å². The fraction of sp³-hybridized carbons (Fsp3) is 0.0333. The summed E-state index contributed by atoms with van der Waals surface area (Å²) in [4.78, 5) is 4.69. The Morgan fingerprint density at radius 1 is 0.545 bits per heavy atom. The topological polar surface area (TPSA) is 22.2 Å². The van der Waals surface area contributed by atoms with Gasteiger partial charge in [0.25, 0.3) is 0 Å². The maximum absolute atomic E-state index is 4.69. The van der Waals surface area contributed by atoms with Crippen LogP contribution < -0.4 is 0 Å². The third-order valence-electron chi connectivity index (χ3n) is 7.31. The van der Waals surface area contributed by atoms with Gasteiger partial charge in [-0.25, -0.2) is 0 Å². The van der Waals surface area contributed by atoms with Crippen LogP contribution in [0.25, 0.3) is 71.2 Å². The quantitative estimate of drug-likeness (QED) is 0.268. The first-order chi connectivity index (χ1) is 16.3. The molecule has 0 radical (unpaired) electrons. The fourth-order valence-electron chi connectivity index (χ4n) is 6.00. The molecule has 0 atom stereocenters. The molecule has 0 aliphatic heterocycles. The Morgan fingerprint density at radius 3 is 2.15 bits per heavy atom. The molecule has 3 heteroatoms. The summed E-state index contributed by atoms with van der Waals surface area (Å²) in [5.41, 5.74) is 8.44. The predicted molar refractivity (Wildman–Crippen MR) is 138 cm³/mol. The lowest BCUT2D eigenvalue weighted by Crippen LogP contribution is -1.92. The van der Waals surface area contributed by atoms with Crippen molar-refractivity contribution >= 4 is 59.9 Å². The zero-order valence-corrected chi connectivity index (χ0v) is 18.1. The highest BCUT2D eigenvalue weighted by Gasteiger charge is 2.22. The number of fused-ring (bicyclic) bond motifs is 5. The summed E-state index contributed by atoms with van der Waals surface area (Å²) in [7, 11) is 2.18. The minimum absolute atomic E-state index is 1.00. The van der Waals surface area contributed by atoms with Gasteiger partial charge in [0.05, 0.1) is 33.3 Å². The van der Waals surface area contributed by atoms with E-state index in [1.165, 1.54) is 65.5 Å². The van der Waals surface area contributed by atoms with Crippen molar-refractivity contribution in [1.82, 2.24) is 14.0 Å². The summed E-state index contributed by atoms with van der Waals surface area (Å²) >= 11 is 0. The summed E-state index contributed by atoms with van der Waals surface area (Å²) < 4.78 is 4.82. The molecule has 0 saturated carbocycles. The maximum Gasteiger partial charge on any atom is 0.0723 e. The average Bonchev–Trinajstić information content (AvgIpc) is 3.32. The maximum atomic E-state index is 4.69. The number of nitrogens with zero attached hydrogens (tertiary/aromatic N) is 3. The number of aryl methyl sites for hydroxylation is 1. The number of para-hydroxylation sites is 2. The Morgan fingerprint density at radius 2 is 1.27 bits per heavy atom. The Kier molecular flexibility index (Phi) is 3.08. The van der Waals surface area contributed by atoms with Crippen LogP contribution in [-0.4, -0.2) is 14.0 Å². The molecule has 0 N–H and O–H groups in total. The van der Waals surface area contributed by atoms with Crippen molar-refractivity contribution in [3.05, 3.63) is 97.2 Å². The summed E-state index contributed by atoms with van der Waals surface area (Å²) in [6.45, 7) is 0. The van der Waals surface area contributed by atoms with Crippen LogP contribution in [0, 0.1) is 0 Å². The van der Waals surface area contributed by atoms with E-state index in [-0.39, 0.29) is 0 Å². The lowest BCUT2D eigenvalue weighted by Gasteiger charge is -2.08. The molecule has 0 spiro atoms. The van der Waals surface area contributed by atoms with Gasteiger partial charge in [-0.05, 0) is 35.7 Å². The molecule has 4 aromatic carbocycles. The first-order valence-corrected chi connectivity index (χ1v) is 11.3. The van der Waals surface area contributed by atoms with Crippen molar-refractivity contribution in [3.63, 3.8) is 0 Å². The van der Waals surface area contributed by atoms with Gasteiger partial charge >= 0.3 is 0 Å². The van der Waals surface area contributed by atoms with Gasteiger partial charge in [0.1, 0.15) is 0 Å². The van der Waals surface area contributed by atoms with E-state index >= 15 is 0 Å². The molecule has 154 valence electrons. The van der Waals surface area contributed by atoms with Gasteiger partial charge < -0.3 is 8.97 Å². The number of pyridine rings is 1. The molecule has 0 unspecified atom stereocenters. The molecular formula is C30H19N3. The molecule has 0 fully saturated rings. The summed E-state index contributed by atoms with van der Waals surface area (Å²) in [5, 5.41) is 7.79. The van der Waals surface area contributed by atoms with E-state index in [0.717, 1.165) is 5.69 Å². The van der Waals surface area contributed by atoms with Crippen LogP contribution in [0.1, 0.15) is 0 Å². The molecule has 0 saturated heterocycles. The van der Waals surface area contributed by atoms with Crippen LogP contribution >= 0.6 is 0 Å². The highest BCUT2D eigenvalue weighted by atomic mass is 15.0. The lowest BCUT2D eigenvalue weighted by atomic mass is 9.99. The van der Waals surface area contributed by atoms with Crippen LogP contribution in [0.5, 0.6) is 0 Å². The van der Waals surface area contributed by atoms with E-state index in [9.17, 15) is 0 Å². The first kappa shape index (κ1) is 17.2. The van der Waals surface area contributed by atoms with Gasteiger partial charge in [0.2, 0.25) is 0 Å². The molecule has 0 bridgehead atoms. The van der Waals surface area contributed by atoms with E-state index in [0.29, 0.717) is 0 Å². The van der Waals surface area contributed by atoms with E-state index < -0.39 is 0 Å². The van der Waals surface area contributed by atoms with E-state index in [1.54, 1.807) is 0 Å². The predicted octanol–water partition coefficient (Wildman–Crippen LogP) is 7.54. The monoisotopic (exact) mass is 421 g/mol. The smallest absolute Gasteiger partial charge is 0.0723 e. The van der Waals surface area contributed by atoms with Gasteiger partial charge in [0, 0.05) is 45.7 Å². The van der Waals surface area contributed by atoms with Crippen LogP contribution in [-0.2, 0) is 7.05 Å². The third kappa shape index (κ3) is 1.98. The molecule has 8 rings (SSSR count). The van der Waals surface area contributed by atoms with Gasteiger partial charge in [-0.3, -0.25) is 4.98 Å². The minimum atomic E-state index is 1.00. The Hall–Kier alpha value is -4.37. The molecule has 4 heterocycles. The Labute approximate surface area is 189 Å². The normalized spacial score (nSPS) is 12.4. The number of aromatic nitrogens is 3. The van der Waals surface area contributed by atoms with Gasteiger partial charge in [-0.1, -0.05) is 60.7 Å². The summed E-state index contributed by atoms with van der Waals surface area (Å²) in [5.74, 6) is 0. The van der Waals surface area contributed by atoms with Gasteiger partial charge in [-0.15, -0.1) is 0 Å². The molecule has 0 amide bonds. The lowest BCUT2D eigenvalue weighted by molar-refractivity contribution is 1.01. The number of benzene rings is 4. The van der Waals surface area contributed by atoms with E-state index in [2.05, 4.69) is 101 Å². The second-order valence-corrected chi connectivity index (χ2v) is 8.88. The second kappa shape index (κ2) is 5.90. The van der Waals surface area contributed by atoms with Crippen molar-refractivity contribution in [2.75, 3.05) is 0 Å². The SMILES string of the molecule is Cn1c2cccc3c2c2c(ccc(-c4ccccn4)c21)c1cccc2c4ccccc4n3c12. The van der Waals surface area contributed by atoms with Gasteiger partial charge in [0.15, 0.2) is 0 Å². The molecule has 0 aliphatic carbocycles. The Bertz CT molecular complexity index is 2020. The van der Waals surface area contributed by atoms with E-state index in [1.807, 2.05) is 12.3 Å². The summed E-state index contributed by atoms with van der Waals surface area (Å²) in [6, 6.07) is 32.9. The largest absolute Gasteiger partial charge is 0.343 e. The molecule has 8 aromatic rings. The van der Waals surface area contributed by atoms with Crippen molar-refractivity contribution in [1.29, 1.82) is 0 Å². The second-order valence-electron chi connectivity index (χ2n) is 8.88. The number of rotatable bonds is 1. The van der Waals surface area contributed by atoms with Crippen LogP contribution in [0.4, 0.5) is 0 Å². The Balaban J connectivity index is 1.78. The molecule has 4 aromatic heterocycles. The van der Waals surface area contributed by atoms with Crippen molar-refractivity contribution in [2.45, 2.75) is 0 Å². The average molecular weight is 422 g/mol. The van der Waals surface area contributed by atoms with E-state index in [4.69, 9.17) is 4.98 Å². The first-order valence-electron chi connectivity index (χ1n) is 11.3. The third-order valence-corrected chi connectivity index (χ3v) is 7.31. The molecule has 3 nitrogen and oxygen atoms in total. The highest BCUT2D eigenvalue weighted by molar-refractivity contribution is 6.32. The highest BCUT2D eigenvalue weighted by Crippen LogP contribution is 2.44. The van der Waals surface area contributed by atoms with Crippen molar-refractivity contribution < 1.29 is 0 Å². The zero-order chi connectivity index (χ0) is 21.7. The molecule has 33 heavy (non-hydrogen) atoms. The van der Waals surface area contributed by atoms with Gasteiger partial charge in [-0.2, -0.15) is 0 Å². The zero-order valence-electron chi connectivity index (χ0n) is 18.1. The van der Waals surface area contributed by atoms with Crippen molar-refractivity contribution in [3.8, 4) is 11.3 Å². The fourth-order valence-corrected chi connectivity index (χ4v) is 6.00. The van der Waals surface area contributed by atoms with Crippen molar-refractivity contribution in [2.24, 2.45) is 7.05 Å². The standard InChI is InChI=1S/C30H19N3/c1-32-25-13-7-14-26-28(25)27-19(15-16-22(30(27)32)23-11-4-5-17-31-23)21-10-6-9-20-18-8-2-3-12-24(18)33(26)29(20)21/h2-17H,1H3. The number of hydrogen-bond acceptors (Lipinski definition) is 1. The molecular weight excluding hydrogens is 402 g/mol. The minimum Gasteiger partial charge on any atom is -0.343 e. The number of hydrogen-bond donors (Lipinski definition) is 0. The van der Waals surface area contributed by atoms with Crippen LogP contribution in [0.2, 0.25) is 0 Å².